The van der Waals surface area contributed by atoms with Gasteiger partial charge in [-0.05, 0) is 32.7 Å². The van der Waals surface area contributed by atoms with Crippen molar-refractivity contribution in [3.8, 4) is 0 Å². The molecular weight excluding hydrogens is 223 g/mol. The zero-order valence-corrected chi connectivity index (χ0v) is 9.35. The van der Waals surface area contributed by atoms with E-state index in [0.717, 1.165) is 25.7 Å². The van der Waals surface area contributed by atoms with Crippen molar-refractivity contribution in [1.29, 1.82) is 0 Å². The Morgan fingerprint density at radius 2 is 1.75 bits per heavy atom. The molecule has 0 aliphatic heterocycles. The maximum Gasteiger partial charge on any atom is 0.522 e. The van der Waals surface area contributed by atoms with Crippen LogP contribution in [0.5, 0.6) is 0 Å². The Balaban J connectivity index is 2.02. The molecule has 0 atom stereocenters. The Morgan fingerprint density at radius 1 is 1.12 bits per heavy atom. The first-order chi connectivity index (χ1) is 7.51. The SMILES string of the molecule is CNC1CCC(OCCOC(F)(F)F)CC1. The third kappa shape index (κ3) is 5.67. The molecule has 0 unspecified atom stereocenters. The van der Waals surface area contributed by atoms with Crippen molar-refractivity contribution in [2.75, 3.05) is 20.3 Å². The summed E-state index contributed by atoms with van der Waals surface area (Å²) in [6.45, 7) is -0.413. The fourth-order valence-corrected chi connectivity index (χ4v) is 1.89. The van der Waals surface area contributed by atoms with Gasteiger partial charge in [0, 0.05) is 6.04 Å². The van der Waals surface area contributed by atoms with Gasteiger partial charge in [0.15, 0.2) is 0 Å². The second-order valence-corrected chi connectivity index (χ2v) is 3.93. The summed E-state index contributed by atoms with van der Waals surface area (Å²) in [5, 5.41) is 3.18. The van der Waals surface area contributed by atoms with Gasteiger partial charge in [-0.15, -0.1) is 13.2 Å². The summed E-state index contributed by atoms with van der Waals surface area (Å²) in [7, 11) is 1.92. The topological polar surface area (TPSA) is 30.5 Å². The fraction of sp³-hybridized carbons (Fsp3) is 1.00. The second-order valence-electron chi connectivity index (χ2n) is 3.93. The molecule has 96 valence electrons. The van der Waals surface area contributed by atoms with Gasteiger partial charge in [-0.25, -0.2) is 0 Å². The fourth-order valence-electron chi connectivity index (χ4n) is 1.89. The van der Waals surface area contributed by atoms with E-state index in [1.54, 1.807) is 0 Å². The number of alkyl halides is 3. The van der Waals surface area contributed by atoms with Crippen molar-refractivity contribution in [2.45, 2.75) is 44.2 Å². The molecule has 0 amide bonds. The lowest BCUT2D eigenvalue weighted by Crippen LogP contribution is -2.33. The lowest BCUT2D eigenvalue weighted by atomic mass is 9.93. The minimum Gasteiger partial charge on any atom is -0.376 e. The first-order valence-electron chi connectivity index (χ1n) is 5.51. The molecule has 1 N–H and O–H groups in total. The van der Waals surface area contributed by atoms with Crippen LogP contribution in [0.25, 0.3) is 0 Å². The first-order valence-corrected chi connectivity index (χ1v) is 5.51. The smallest absolute Gasteiger partial charge is 0.376 e. The molecule has 0 saturated heterocycles. The number of hydrogen-bond acceptors (Lipinski definition) is 3. The lowest BCUT2D eigenvalue weighted by molar-refractivity contribution is -0.327. The van der Waals surface area contributed by atoms with Gasteiger partial charge >= 0.3 is 6.36 Å². The Bertz CT molecular complexity index is 191. The highest BCUT2D eigenvalue weighted by atomic mass is 19.4. The summed E-state index contributed by atoms with van der Waals surface area (Å²) < 4.78 is 43.8. The van der Waals surface area contributed by atoms with E-state index in [1.165, 1.54) is 0 Å². The number of halogens is 3. The van der Waals surface area contributed by atoms with Crippen LogP contribution in [0.15, 0.2) is 0 Å². The van der Waals surface area contributed by atoms with Crippen LogP contribution in [0.2, 0.25) is 0 Å². The van der Waals surface area contributed by atoms with Crippen LogP contribution in [-0.2, 0) is 9.47 Å². The molecule has 3 nitrogen and oxygen atoms in total. The average molecular weight is 241 g/mol. The van der Waals surface area contributed by atoms with Crippen LogP contribution in [0.1, 0.15) is 25.7 Å². The Labute approximate surface area is 93.3 Å². The van der Waals surface area contributed by atoms with E-state index >= 15 is 0 Å². The Hall–Kier alpha value is -0.330. The number of nitrogens with one attached hydrogen (secondary N) is 1. The van der Waals surface area contributed by atoms with Gasteiger partial charge in [-0.3, -0.25) is 4.74 Å². The third-order valence-corrected chi connectivity index (χ3v) is 2.79. The van der Waals surface area contributed by atoms with E-state index < -0.39 is 13.0 Å². The van der Waals surface area contributed by atoms with Gasteiger partial charge in [0.05, 0.1) is 19.3 Å². The van der Waals surface area contributed by atoms with E-state index in [4.69, 9.17) is 4.74 Å². The summed E-state index contributed by atoms with van der Waals surface area (Å²) in [5.41, 5.74) is 0. The van der Waals surface area contributed by atoms with E-state index in [2.05, 4.69) is 10.1 Å². The normalized spacial score (nSPS) is 27.0. The molecule has 0 heterocycles. The molecule has 1 rings (SSSR count). The number of rotatable bonds is 5. The molecular formula is C10H18F3NO2. The molecule has 1 aliphatic rings. The Morgan fingerprint density at radius 3 is 2.25 bits per heavy atom. The molecule has 1 aliphatic carbocycles. The van der Waals surface area contributed by atoms with Gasteiger partial charge in [0.2, 0.25) is 0 Å². The highest BCUT2D eigenvalue weighted by Gasteiger charge is 2.29. The van der Waals surface area contributed by atoms with Crippen molar-refractivity contribution >= 4 is 0 Å². The lowest BCUT2D eigenvalue weighted by Gasteiger charge is -2.28. The molecule has 1 fully saturated rings. The van der Waals surface area contributed by atoms with Crippen molar-refractivity contribution in [2.24, 2.45) is 0 Å². The average Bonchev–Trinajstić information content (AvgIpc) is 2.24. The zero-order chi connectivity index (χ0) is 12.0. The van der Waals surface area contributed by atoms with Gasteiger partial charge in [-0.1, -0.05) is 0 Å². The van der Waals surface area contributed by atoms with Crippen LogP contribution in [0.3, 0.4) is 0 Å². The quantitative estimate of drug-likeness (QED) is 0.747. The number of ether oxygens (including phenoxy) is 2. The molecule has 1 saturated carbocycles. The van der Waals surface area contributed by atoms with E-state index in [0.29, 0.717) is 6.04 Å². The molecule has 0 aromatic carbocycles. The van der Waals surface area contributed by atoms with Crippen molar-refractivity contribution < 1.29 is 22.6 Å². The molecule has 0 radical (unpaired) electrons. The van der Waals surface area contributed by atoms with E-state index in [1.807, 2.05) is 7.05 Å². The van der Waals surface area contributed by atoms with Crippen molar-refractivity contribution in [3.63, 3.8) is 0 Å². The van der Waals surface area contributed by atoms with Crippen LogP contribution >= 0.6 is 0 Å². The molecule has 0 bridgehead atoms. The minimum absolute atomic E-state index is 0.00833. The van der Waals surface area contributed by atoms with Crippen molar-refractivity contribution in [3.05, 3.63) is 0 Å². The van der Waals surface area contributed by atoms with Gasteiger partial charge in [-0.2, -0.15) is 0 Å². The third-order valence-electron chi connectivity index (χ3n) is 2.79. The minimum atomic E-state index is -4.55. The predicted octanol–water partition coefficient (Wildman–Crippen LogP) is 2.07. The van der Waals surface area contributed by atoms with Gasteiger partial charge < -0.3 is 10.1 Å². The summed E-state index contributed by atoms with van der Waals surface area (Å²) in [6.07, 6.45) is -0.633. The molecule has 0 aromatic rings. The second kappa shape index (κ2) is 6.42. The molecule has 0 spiro atoms. The summed E-state index contributed by atoms with van der Waals surface area (Å²) in [5.74, 6) is 0. The highest BCUT2D eigenvalue weighted by molar-refractivity contribution is 4.76. The zero-order valence-electron chi connectivity index (χ0n) is 9.35. The molecule has 6 heteroatoms. The Kier molecular flexibility index (Phi) is 5.51. The summed E-state index contributed by atoms with van der Waals surface area (Å²) in [4.78, 5) is 0. The summed E-state index contributed by atoms with van der Waals surface area (Å²) >= 11 is 0. The maximum absolute atomic E-state index is 11.6. The largest absolute Gasteiger partial charge is 0.522 e. The monoisotopic (exact) mass is 241 g/mol. The molecule has 0 aromatic heterocycles. The van der Waals surface area contributed by atoms with Gasteiger partial charge in [0.1, 0.15) is 0 Å². The standard InChI is InChI=1S/C10H18F3NO2/c1-14-8-2-4-9(5-3-8)15-6-7-16-10(11,12)13/h8-9,14H,2-7H2,1H3. The number of hydrogen-bond donors (Lipinski definition) is 1. The van der Waals surface area contributed by atoms with E-state index in [-0.39, 0.29) is 12.7 Å². The van der Waals surface area contributed by atoms with Crippen molar-refractivity contribution in [1.82, 2.24) is 5.32 Å². The summed E-state index contributed by atoms with van der Waals surface area (Å²) in [6, 6.07) is 0.520. The molecule has 16 heavy (non-hydrogen) atoms. The van der Waals surface area contributed by atoms with Crippen LogP contribution in [-0.4, -0.2) is 38.8 Å². The predicted molar refractivity (Wildman–Crippen MR) is 53.1 cm³/mol. The maximum atomic E-state index is 11.6. The van der Waals surface area contributed by atoms with Crippen LogP contribution < -0.4 is 5.32 Å². The van der Waals surface area contributed by atoms with E-state index in [9.17, 15) is 13.2 Å². The first kappa shape index (κ1) is 13.7. The van der Waals surface area contributed by atoms with Gasteiger partial charge in [0.25, 0.3) is 0 Å². The van der Waals surface area contributed by atoms with Crippen LogP contribution in [0.4, 0.5) is 13.2 Å². The van der Waals surface area contributed by atoms with Crippen LogP contribution in [0, 0.1) is 0 Å². The highest BCUT2D eigenvalue weighted by Crippen LogP contribution is 2.21.